The SMILES string of the molecule is Cc1ccccc1CC(=O)NCc1cccc(NC(=O)c2ccco2)c1. The van der Waals surface area contributed by atoms with Gasteiger partial charge < -0.3 is 15.1 Å². The number of aryl methyl sites for hydroxylation is 1. The normalized spacial score (nSPS) is 10.3. The molecule has 5 nitrogen and oxygen atoms in total. The maximum Gasteiger partial charge on any atom is 0.291 e. The molecule has 3 rings (SSSR count). The van der Waals surface area contributed by atoms with E-state index in [1.807, 2.05) is 49.4 Å². The lowest BCUT2D eigenvalue weighted by Crippen LogP contribution is -2.24. The van der Waals surface area contributed by atoms with E-state index in [1.165, 1.54) is 6.26 Å². The number of hydrogen-bond acceptors (Lipinski definition) is 3. The molecule has 2 N–H and O–H groups in total. The predicted molar refractivity (Wildman–Crippen MR) is 99.8 cm³/mol. The lowest BCUT2D eigenvalue weighted by molar-refractivity contribution is -0.120. The zero-order valence-corrected chi connectivity index (χ0v) is 14.5. The molecule has 1 aromatic heterocycles. The van der Waals surface area contributed by atoms with Crippen LogP contribution in [0.25, 0.3) is 0 Å². The Hall–Kier alpha value is -3.34. The molecular weight excluding hydrogens is 328 g/mol. The fourth-order valence-electron chi connectivity index (χ4n) is 2.60. The molecule has 5 heteroatoms. The van der Waals surface area contributed by atoms with Crippen LogP contribution in [0.3, 0.4) is 0 Å². The van der Waals surface area contributed by atoms with Crippen molar-refractivity contribution in [2.75, 3.05) is 5.32 Å². The fraction of sp³-hybridized carbons (Fsp3) is 0.143. The van der Waals surface area contributed by atoms with Gasteiger partial charge in [0.25, 0.3) is 5.91 Å². The Balaban J connectivity index is 1.56. The first kappa shape index (κ1) is 17.5. The molecule has 1 heterocycles. The van der Waals surface area contributed by atoms with E-state index in [9.17, 15) is 9.59 Å². The van der Waals surface area contributed by atoms with Gasteiger partial charge in [-0.25, -0.2) is 0 Å². The molecule has 0 atom stereocenters. The van der Waals surface area contributed by atoms with Crippen molar-refractivity contribution in [1.82, 2.24) is 5.32 Å². The van der Waals surface area contributed by atoms with Gasteiger partial charge in [-0.1, -0.05) is 36.4 Å². The Kier molecular flexibility index (Phi) is 5.49. The number of rotatable bonds is 6. The highest BCUT2D eigenvalue weighted by Crippen LogP contribution is 2.13. The summed E-state index contributed by atoms with van der Waals surface area (Å²) in [6.45, 7) is 2.39. The number of anilines is 1. The van der Waals surface area contributed by atoms with E-state index in [0.717, 1.165) is 16.7 Å². The number of amides is 2. The number of benzene rings is 2. The molecule has 0 fully saturated rings. The van der Waals surface area contributed by atoms with Crippen molar-refractivity contribution in [3.8, 4) is 0 Å². The zero-order chi connectivity index (χ0) is 18.4. The van der Waals surface area contributed by atoms with Crippen LogP contribution >= 0.6 is 0 Å². The standard InChI is InChI=1S/C21H20N2O3/c1-15-6-2-3-8-17(15)13-20(24)22-14-16-7-4-9-18(12-16)23-21(25)19-10-5-11-26-19/h2-12H,13-14H2,1H3,(H,22,24)(H,23,25). The van der Waals surface area contributed by atoms with Crippen molar-refractivity contribution >= 4 is 17.5 Å². The van der Waals surface area contributed by atoms with Gasteiger partial charge in [-0.15, -0.1) is 0 Å². The van der Waals surface area contributed by atoms with Crippen LogP contribution < -0.4 is 10.6 Å². The highest BCUT2D eigenvalue weighted by Gasteiger charge is 2.09. The first-order chi connectivity index (χ1) is 12.6. The van der Waals surface area contributed by atoms with Gasteiger partial charge >= 0.3 is 0 Å². The summed E-state index contributed by atoms with van der Waals surface area (Å²) in [4.78, 5) is 24.2. The van der Waals surface area contributed by atoms with Gasteiger partial charge in [-0.3, -0.25) is 9.59 Å². The monoisotopic (exact) mass is 348 g/mol. The van der Waals surface area contributed by atoms with Crippen LogP contribution in [-0.2, 0) is 17.8 Å². The summed E-state index contributed by atoms with van der Waals surface area (Å²) >= 11 is 0. The largest absolute Gasteiger partial charge is 0.459 e. The topological polar surface area (TPSA) is 71.3 Å². The minimum atomic E-state index is -0.310. The first-order valence-electron chi connectivity index (χ1n) is 8.37. The van der Waals surface area contributed by atoms with Crippen LogP contribution in [0.1, 0.15) is 27.2 Å². The quantitative estimate of drug-likeness (QED) is 0.713. The fourth-order valence-corrected chi connectivity index (χ4v) is 2.60. The molecule has 2 amide bonds. The van der Waals surface area contributed by atoms with Crippen LogP contribution in [0.4, 0.5) is 5.69 Å². The van der Waals surface area contributed by atoms with E-state index in [4.69, 9.17) is 4.42 Å². The predicted octanol–water partition coefficient (Wildman–Crippen LogP) is 3.70. The number of carbonyl (C=O) groups excluding carboxylic acids is 2. The summed E-state index contributed by atoms with van der Waals surface area (Å²) in [5.74, 6) is -0.0954. The van der Waals surface area contributed by atoms with Gasteiger partial charge in [-0.2, -0.15) is 0 Å². The van der Waals surface area contributed by atoms with Gasteiger partial charge in [0.1, 0.15) is 0 Å². The second-order valence-corrected chi connectivity index (χ2v) is 6.01. The molecule has 0 spiro atoms. The zero-order valence-electron chi connectivity index (χ0n) is 14.5. The summed E-state index contributed by atoms with van der Waals surface area (Å²) in [6.07, 6.45) is 1.80. The smallest absolute Gasteiger partial charge is 0.291 e. The van der Waals surface area contributed by atoms with Gasteiger partial charge in [0.2, 0.25) is 5.91 Å². The average Bonchev–Trinajstić information content (AvgIpc) is 3.17. The minimum Gasteiger partial charge on any atom is -0.459 e. The minimum absolute atomic E-state index is 0.0377. The molecule has 0 aliphatic rings. The second kappa shape index (κ2) is 8.16. The Morgan fingerprint density at radius 2 is 1.85 bits per heavy atom. The third kappa shape index (κ3) is 4.60. The van der Waals surface area contributed by atoms with E-state index < -0.39 is 0 Å². The van der Waals surface area contributed by atoms with Crippen LogP contribution in [0, 0.1) is 6.92 Å². The Labute approximate surface area is 152 Å². The van der Waals surface area contributed by atoms with Crippen molar-refractivity contribution in [2.45, 2.75) is 19.9 Å². The third-order valence-electron chi connectivity index (χ3n) is 4.03. The lowest BCUT2D eigenvalue weighted by Gasteiger charge is -2.09. The van der Waals surface area contributed by atoms with Crippen LogP contribution in [0.15, 0.2) is 71.3 Å². The Bertz CT molecular complexity index is 901. The molecule has 0 radical (unpaired) electrons. The average molecular weight is 348 g/mol. The Morgan fingerprint density at radius 1 is 1.00 bits per heavy atom. The molecule has 0 aliphatic heterocycles. The van der Waals surface area contributed by atoms with Crippen molar-refractivity contribution in [2.24, 2.45) is 0 Å². The van der Waals surface area contributed by atoms with Crippen molar-refractivity contribution < 1.29 is 14.0 Å². The molecular formula is C21H20N2O3. The number of carbonyl (C=O) groups is 2. The van der Waals surface area contributed by atoms with E-state index in [1.54, 1.807) is 18.2 Å². The van der Waals surface area contributed by atoms with E-state index >= 15 is 0 Å². The molecule has 26 heavy (non-hydrogen) atoms. The van der Waals surface area contributed by atoms with Crippen molar-refractivity contribution in [1.29, 1.82) is 0 Å². The van der Waals surface area contributed by atoms with Gasteiger partial charge in [0.05, 0.1) is 12.7 Å². The van der Waals surface area contributed by atoms with E-state index in [0.29, 0.717) is 18.7 Å². The molecule has 0 bridgehead atoms. The van der Waals surface area contributed by atoms with Crippen LogP contribution in [0.2, 0.25) is 0 Å². The van der Waals surface area contributed by atoms with E-state index in [2.05, 4.69) is 10.6 Å². The highest BCUT2D eigenvalue weighted by molar-refractivity contribution is 6.02. The summed E-state index contributed by atoms with van der Waals surface area (Å²) in [7, 11) is 0. The number of nitrogens with one attached hydrogen (secondary N) is 2. The van der Waals surface area contributed by atoms with Crippen molar-refractivity contribution in [3.63, 3.8) is 0 Å². The molecule has 0 saturated heterocycles. The number of furan rings is 1. The Morgan fingerprint density at radius 3 is 2.62 bits per heavy atom. The second-order valence-electron chi connectivity index (χ2n) is 6.01. The molecule has 0 saturated carbocycles. The first-order valence-corrected chi connectivity index (χ1v) is 8.37. The maximum atomic E-state index is 12.2. The molecule has 2 aromatic carbocycles. The van der Waals surface area contributed by atoms with E-state index in [-0.39, 0.29) is 17.6 Å². The highest BCUT2D eigenvalue weighted by atomic mass is 16.3. The summed E-state index contributed by atoms with van der Waals surface area (Å²) in [5.41, 5.74) is 3.67. The third-order valence-corrected chi connectivity index (χ3v) is 4.03. The molecule has 0 aliphatic carbocycles. The summed E-state index contributed by atoms with van der Waals surface area (Å²) in [6, 6.07) is 18.5. The van der Waals surface area contributed by atoms with Gasteiger partial charge in [0.15, 0.2) is 5.76 Å². The summed E-state index contributed by atoms with van der Waals surface area (Å²) < 4.78 is 5.07. The van der Waals surface area contributed by atoms with Crippen LogP contribution in [0.5, 0.6) is 0 Å². The molecule has 3 aromatic rings. The van der Waals surface area contributed by atoms with Gasteiger partial charge in [-0.05, 0) is 47.9 Å². The van der Waals surface area contributed by atoms with Gasteiger partial charge in [0, 0.05) is 12.2 Å². The summed E-state index contributed by atoms with van der Waals surface area (Å²) in [5, 5.41) is 5.69. The maximum absolute atomic E-state index is 12.2. The van der Waals surface area contributed by atoms with Crippen molar-refractivity contribution in [3.05, 3.63) is 89.4 Å². The lowest BCUT2D eigenvalue weighted by atomic mass is 10.1. The van der Waals surface area contributed by atoms with Crippen LogP contribution in [-0.4, -0.2) is 11.8 Å². The molecule has 132 valence electrons. The molecule has 0 unspecified atom stereocenters. The number of hydrogen-bond donors (Lipinski definition) is 2.